The van der Waals surface area contributed by atoms with Gasteiger partial charge in [0.2, 0.25) is 0 Å². The molecule has 0 aromatic rings. The van der Waals surface area contributed by atoms with Gasteiger partial charge in [-0.05, 0) is 91.8 Å². The number of esters is 3. The van der Waals surface area contributed by atoms with Crippen molar-refractivity contribution in [3.05, 3.63) is 0 Å². The number of ether oxygens (including phenoxy) is 3. The molecule has 0 saturated heterocycles. The minimum atomic E-state index is -2.35. The number of hydrogen-bond acceptors (Lipinski definition) is 7. The Morgan fingerprint density at radius 3 is 1.19 bits per heavy atom. The summed E-state index contributed by atoms with van der Waals surface area (Å²) in [6.45, 7) is 19.3. The Labute approximate surface area is 261 Å². The zero-order valence-corrected chi connectivity index (χ0v) is 28.6. The zero-order chi connectivity index (χ0) is 32.1. The number of rotatable bonds is 11. The molecule has 1 N–H and O–H groups in total. The Balaban J connectivity index is 1.80. The molecule has 0 aliphatic heterocycles. The Morgan fingerprint density at radius 2 is 0.884 bits per heavy atom. The standard InChI is InChI=1S/C36H62O7/c1-21(2)27-13-10-24(7)16-30(27)41-33(37)19-36(40,35(39)43-32-18-26(9)12-15-29(32)23(5)6)20-34(38)42-31-17-25(8)11-14-28(31)22(3)4/h21-32,40H,10-20H2,1-9H3. The third kappa shape index (κ3) is 9.93. The average molecular weight is 607 g/mol. The van der Waals surface area contributed by atoms with E-state index in [2.05, 4.69) is 62.3 Å². The Morgan fingerprint density at radius 1 is 0.581 bits per heavy atom. The highest BCUT2D eigenvalue weighted by Crippen LogP contribution is 2.39. The SMILES string of the molecule is CC1CCC(C(C)C)C(OC(=O)CC(O)(CC(=O)OC2CC(C)CCC2C(C)C)C(=O)OC2CC(C)CCC2C(C)C)C1. The summed E-state index contributed by atoms with van der Waals surface area (Å²) in [5.74, 6) is 0.601. The van der Waals surface area contributed by atoms with Crippen molar-refractivity contribution in [3.8, 4) is 0 Å². The van der Waals surface area contributed by atoms with Crippen molar-refractivity contribution in [1.82, 2.24) is 0 Å². The first-order valence-electron chi connectivity index (χ1n) is 17.4. The van der Waals surface area contributed by atoms with Gasteiger partial charge in [0.25, 0.3) is 0 Å². The van der Waals surface area contributed by atoms with E-state index >= 15 is 0 Å². The molecule has 9 unspecified atom stereocenters. The van der Waals surface area contributed by atoms with Gasteiger partial charge in [-0.2, -0.15) is 0 Å². The van der Waals surface area contributed by atoms with Gasteiger partial charge in [0, 0.05) is 0 Å². The predicted octanol–water partition coefficient (Wildman–Crippen LogP) is 7.51. The summed E-state index contributed by atoms with van der Waals surface area (Å²) in [6.07, 6.45) is 6.17. The fraction of sp³-hybridized carbons (Fsp3) is 0.917. The maximum absolute atomic E-state index is 13.8. The largest absolute Gasteiger partial charge is 0.462 e. The Hall–Kier alpha value is -1.63. The normalized spacial score (nSPS) is 35.0. The highest BCUT2D eigenvalue weighted by Gasteiger charge is 2.47. The van der Waals surface area contributed by atoms with Crippen LogP contribution in [-0.4, -0.2) is 46.9 Å². The smallest absolute Gasteiger partial charge is 0.339 e. The molecule has 9 atom stereocenters. The van der Waals surface area contributed by atoms with Crippen LogP contribution in [0.4, 0.5) is 0 Å². The molecule has 3 saturated carbocycles. The van der Waals surface area contributed by atoms with Crippen LogP contribution in [0.25, 0.3) is 0 Å². The van der Waals surface area contributed by atoms with Crippen molar-refractivity contribution < 1.29 is 33.7 Å². The maximum atomic E-state index is 13.8. The molecule has 3 fully saturated rings. The molecule has 7 nitrogen and oxygen atoms in total. The lowest BCUT2D eigenvalue weighted by atomic mass is 9.75. The van der Waals surface area contributed by atoms with Crippen LogP contribution in [0.3, 0.4) is 0 Å². The molecular formula is C36H62O7. The molecule has 7 heteroatoms. The van der Waals surface area contributed by atoms with Gasteiger partial charge < -0.3 is 19.3 Å². The minimum Gasteiger partial charge on any atom is -0.462 e. The maximum Gasteiger partial charge on any atom is 0.339 e. The molecule has 3 aliphatic carbocycles. The van der Waals surface area contributed by atoms with Gasteiger partial charge in [0.1, 0.15) is 18.3 Å². The fourth-order valence-electron chi connectivity index (χ4n) is 8.10. The van der Waals surface area contributed by atoms with Gasteiger partial charge in [-0.3, -0.25) is 9.59 Å². The lowest BCUT2D eigenvalue weighted by Gasteiger charge is -2.39. The number of hydrogen-bond donors (Lipinski definition) is 1. The molecule has 43 heavy (non-hydrogen) atoms. The van der Waals surface area contributed by atoms with Crippen LogP contribution < -0.4 is 0 Å². The van der Waals surface area contributed by atoms with Crippen molar-refractivity contribution in [2.75, 3.05) is 0 Å². The summed E-state index contributed by atoms with van der Waals surface area (Å²) < 4.78 is 18.0. The molecular weight excluding hydrogens is 544 g/mol. The molecule has 0 spiro atoms. The highest BCUT2D eigenvalue weighted by atomic mass is 16.6. The summed E-state index contributed by atoms with van der Waals surface area (Å²) in [5, 5.41) is 11.9. The molecule has 3 rings (SSSR count). The van der Waals surface area contributed by atoms with Crippen LogP contribution in [-0.2, 0) is 28.6 Å². The summed E-state index contributed by atoms with van der Waals surface area (Å²) in [7, 11) is 0. The van der Waals surface area contributed by atoms with Crippen molar-refractivity contribution in [3.63, 3.8) is 0 Å². The van der Waals surface area contributed by atoms with E-state index in [4.69, 9.17) is 14.2 Å². The van der Waals surface area contributed by atoms with Crippen LogP contribution >= 0.6 is 0 Å². The van der Waals surface area contributed by atoms with Crippen LogP contribution in [0.15, 0.2) is 0 Å². The van der Waals surface area contributed by atoms with E-state index in [-0.39, 0.29) is 36.1 Å². The van der Waals surface area contributed by atoms with E-state index in [0.29, 0.717) is 41.9 Å². The number of aliphatic hydroxyl groups is 1. The second-order valence-corrected chi connectivity index (χ2v) is 15.9. The molecule has 0 heterocycles. The van der Waals surface area contributed by atoms with E-state index in [0.717, 1.165) is 51.4 Å². The van der Waals surface area contributed by atoms with E-state index in [1.165, 1.54) is 0 Å². The third-order valence-electron chi connectivity index (χ3n) is 11.0. The quantitative estimate of drug-likeness (QED) is 0.192. The van der Waals surface area contributed by atoms with E-state index in [9.17, 15) is 19.5 Å². The van der Waals surface area contributed by atoms with Crippen molar-refractivity contribution in [2.45, 2.75) is 157 Å². The van der Waals surface area contributed by atoms with Gasteiger partial charge in [0.15, 0.2) is 5.60 Å². The molecule has 0 amide bonds. The van der Waals surface area contributed by atoms with E-state index < -0.39 is 36.4 Å². The first-order valence-corrected chi connectivity index (χ1v) is 17.4. The van der Waals surface area contributed by atoms with E-state index in [1.807, 2.05) is 0 Å². The zero-order valence-electron chi connectivity index (χ0n) is 28.6. The van der Waals surface area contributed by atoms with Gasteiger partial charge in [-0.25, -0.2) is 4.79 Å². The van der Waals surface area contributed by atoms with Crippen molar-refractivity contribution in [1.29, 1.82) is 0 Å². The molecule has 248 valence electrons. The topological polar surface area (TPSA) is 99.1 Å². The molecule has 0 bridgehead atoms. The summed E-state index contributed by atoms with van der Waals surface area (Å²) in [4.78, 5) is 40.7. The molecule has 0 aromatic heterocycles. The minimum absolute atomic E-state index is 0.161. The predicted molar refractivity (Wildman–Crippen MR) is 168 cm³/mol. The lowest BCUT2D eigenvalue weighted by molar-refractivity contribution is -0.190. The van der Waals surface area contributed by atoms with Crippen molar-refractivity contribution >= 4 is 17.9 Å². The second kappa shape index (κ2) is 15.6. The summed E-state index contributed by atoms with van der Waals surface area (Å²) >= 11 is 0. The fourth-order valence-corrected chi connectivity index (χ4v) is 8.10. The summed E-state index contributed by atoms with van der Waals surface area (Å²) in [5.41, 5.74) is -2.35. The Kier molecular flexibility index (Phi) is 13.0. The number of carbonyl (C=O) groups excluding carboxylic acids is 3. The van der Waals surface area contributed by atoms with Gasteiger partial charge in [-0.15, -0.1) is 0 Å². The molecule has 0 aromatic carbocycles. The van der Waals surface area contributed by atoms with Crippen molar-refractivity contribution in [2.24, 2.45) is 53.3 Å². The molecule has 0 radical (unpaired) electrons. The van der Waals surface area contributed by atoms with Gasteiger partial charge in [0.05, 0.1) is 12.8 Å². The summed E-state index contributed by atoms with van der Waals surface area (Å²) in [6, 6.07) is 0. The first kappa shape index (κ1) is 35.8. The monoisotopic (exact) mass is 606 g/mol. The molecule has 3 aliphatic rings. The average Bonchev–Trinajstić information content (AvgIpc) is 2.87. The van der Waals surface area contributed by atoms with Crippen LogP contribution in [0.2, 0.25) is 0 Å². The van der Waals surface area contributed by atoms with Gasteiger partial charge >= 0.3 is 17.9 Å². The second-order valence-electron chi connectivity index (χ2n) is 15.9. The van der Waals surface area contributed by atoms with Crippen LogP contribution in [0.1, 0.15) is 133 Å². The van der Waals surface area contributed by atoms with E-state index in [1.54, 1.807) is 0 Å². The third-order valence-corrected chi connectivity index (χ3v) is 11.0. The van der Waals surface area contributed by atoms with Gasteiger partial charge in [-0.1, -0.05) is 81.6 Å². The Bertz CT molecular complexity index is 879. The highest BCUT2D eigenvalue weighted by molar-refractivity contribution is 5.90. The lowest BCUT2D eigenvalue weighted by Crippen LogP contribution is -2.49. The van der Waals surface area contributed by atoms with Crippen LogP contribution in [0.5, 0.6) is 0 Å². The van der Waals surface area contributed by atoms with Crippen LogP contribution in [0, 0.1) is 53.3 Å². The first-order chi connectivity index (χ1) is 20.1. The number of carbonyl (C=O) groups is 3.